The standard InChI is InChI=1S/C12H4BF6NO2/c13-7-8(10(22)9(7)21)20-6-2-4(11(14,15)16)1-5(3-6)12(17,18)19/h1-3,20H. The Bertz CT molecular complexity index is 769. The van der Waals surface area contributed by atoms with Crippen LogP contribution in [0.15, 0.2) is 27.8 Å². The van der Waals surface area contributed by atoms with Gasteiger partial charge in [0.1, 0.15) is 7.85 Å². The summed E-state index contributed by atoms with van der Waals surface area (Å²) in [5, 5.41) is 2.02. The highest BCUT2D eigenvalue weighted by molar-refractivity contribution is 6.37. The largest absolute Gasteiger partial charge is 0.416 e. The van der Waals surface area contributed by atoms with E-state index in [9.17, 15) is 35.9 Å². The van der Waals surface area contributed by atoms with Crippen molar-refractivity contribution in [2.75, 3.05) is 5.32 Å². The molecule has 0 atom stereocenters. The minimum absolute atomic E-state index is 0.0589. The molecular formula is C12H4BF6NO2. The van der Waals surface area contributed by atoms with Gasteiger partial charge in [0.15, 0.2) is 0 Å². The van der Waals surface area contributed by atoms with Crippen molar-refractivity contribution in [1.29, 1.82) is 0 Å². The summed E-state index contributed by atoms with van der Waals surface area (Å²) in [6.45, 7) is 0. The van der Waals surface area contributed by atoms with E-state index in [1.165, 1.54) is 0 Å². The van der Waals surface area contributed by atoms with Crippen LogP contribution in [-0.4, -0.2) is 7.85 Å². The number of halogens is 6. The number of hydrogen-bond donors (Lipinski definition) is 1. The molecule has 0 saturated heterocycles. The zero-order valence-corrected chi connectivity index (χ0v) is 10.4. The van der Waals surface area contributed by atoms with Crippen LogP contribution >= 0.6 is 0 Å². The molecule has 0 heterocycles. The Morgan fingerprint density at radius 2 is 1.27 bits per heavy atom. The molecular weight excluding hydrogens is 315 g/mol. The van der Waals surface area contributed by atoms with Gasteiger partial charge in [-0.15, -0.1) is 0 Å². The lowest BCUT2D eigenvalue weighted by atomic mass is 9.89. The first-order valence-electron chi connectivity index (χ1n) is 5.56. The van der Waals surface area contributed by atoms with Gasteiger partial charge in [-0.25, -0.2) is 0 Å². The number of benzene rings is 1. The van der Waals surface area contributed by atoms with Crippen LogP contribution in [0.25, 0.3) is 0 Å². The summed E-state index contributed by atoms with van der Waals surface area (Å²) < 4.78 is 75.8. The van der Waals surface area contributed by atoms with Crippen LogP contribution in [0.4, 0.5) is 37.7 Å². The second-order valence-electron chi connectivity index (χ2n) is 4.37. The van der Waals surface area contributed by atoms with Gasteiger partial charge in [-0.05, 0) is 23.7 Å². The Morgan fingerprint density at radius 3 is 1.64 bits per heavy atom. The molecule has 0 spiro atoms. The number of nitrogens with one attached hydrogen (secondary N) is 1. The van der Waals surface area contributed by atoms with Gasteiger partial charge >= 0.3 is 12.4 Å². The van der Waals surface area contributed by atoms with Gasteiger partial charge in [0.05, 0.1) is 16.8 Å². The molecule has 0 amide bonds. The molecule has 0 bridgehead atoms. The van der Waals surface area contributed by atoms with Crippen LogP contribution in [0.2, 0.25) is 0 Å². The molecule has 0 aliphatic heterocycles. The van der Waals surface area contributed by atoms with Gasteiger partial charge in [0.2, 0.25) is 10.9 Å². The van der Waals surface area contributed by atoms with Crippen molar-refractivity contribution in [3.8, 4) is 0 Å². The van der Waals surface area contributed by atoms with Gasteiger partial charge in [0, 0.05) is 5.69 Å². The van der Waals surface area contributed by atoms with E-state index in [1.807, 2.05) is 5.32 Å². The quantitative estimate of drug-likeness (QED) is 0.522. The fourth-order valence-electron chi connectivity index (χ4n) is 1.70. The summed E-state index contributed by atoms with van der Waals surface area (Å²) >= 11 is 0. The minimum atomic E-state index is -5.02. The van der Waals surface area contributed by atoms with Crippen LogP contribution in [0.3, 0.4) is 0 Å². The summed E-state index contributed by atoms with van der Waals surface area (Å²) in [6, 6.07) is 0.702. The molecule has 114 valence electrons. The summed E-state index contributed by atoms with van der Waals surface area (Å²) in [7, 11) is 5.15. The van der Waals surface area contributed by atoms with Crippen molar-refractivity contribution >= 4 is 24.7 Å². The molecule has 2 aromatic rings. The highest BCUT2D eigenvalue weighted by Crippen LogP contribution is 2.37. The molecule has 2 aromatic carbocycles. The molecule has 0 aliphatic rings. The van der Waals surface area contributed by atoms with Crippen molar-refractivity contribution in [2.24, 2.45) is 0 Å². The predicted molar refractivity (Wildman–Crippen MR) is 66.5 cm³/mol. The molecule has 0 unspecified atom stereocenters. The lowest BCUT2D eigenvalue weighted by molar-refractivity contribution is -0.143. The molecule has 0 saturated carbocycles. The molecule has 0 fully saturated rings. The van der Waals surface area contributed by atoms with Crippen molar-refractivity contribution in [3.63, 3.8) is 0 Å². The molecule has 3 nitrogen and oxygen atoms in total. The van der Waals surface area contributed by atoms with Crippen molar-refractivity contribution < 1.29 is 26.3 Å². The molecule has 0 aromatic heterocycles. The topological polar surface area (TPSA) is 46.2 Å². The Balaban J connectivity index is 2.52. The highest BCUT2D eigenvalue weighted by Gasteiger charge is 2.37. The smallest absolute Gasteiger partial charge is 0.353 e. The number of hydrogen-bond acceptors (Lipinski definition) is 3. The van der Waals surface area contributed by atoms with E-state index in [2.05, 4.69) is 0 Å². The molecule has 2 rings (SSSR count). The van der Waals surface area contributed by atoms with Gasteiger partial charge in [-0.1, -0.05) is 0 Å². The second-order valence-corrected chi connectivity index (χ2v) is 4.37. The zero-order valence-electron chi connectivity index (χ0n) is 10.4. The van der Waals surface area contributed by atoms with Crippen LogP contribution in [0, 0.1) is 0 Å². The number of anilines is 2. The number of rotatable bonds is 2. The van der Waals surface area contributed by atoms with Crippen LogP contribution in [-0.2, 0) is 12.4 Å². The summed E-state index contributed by atoms with van der Waals surface area (Å²) in [4.78, 5) is 22.0. The van der Waals surface area contributed by atoms with Gasteiger partial charge in [0.25, 0.3) is 0 Å². The van der Waals surface area contributed by atoms with E-state index >= 15 is 0 Å². The fraction of sp³-hybridized carbons (Fsp3) is 0.167. The maximum Gasteiger partial charge on any atom is 0.416 e. The monoisotopic (exact) mass is 319 g/mol. The Kier molecular flexibility index (Phi) is 3.58. The fourth-order valence-corrected chi connectivity index (χ4v) is 1.70. The van der Waals surface area contributed by atoms with Crippen molar-refractivity contribution in [1.82, 2.24) is 0 Å². The highest BCUT2D eigenvalue weighted by atomic mass is 19.4. The van der Waals surface area contributed by atoms with Crippen molar-refractivity contribution in [3.05, 3.63) is 49.8 Å². The lowest BCUT2D eigenvalue weighted by Gasteiger charge is -2.16. The first-order valence-corrected chi connectivity index (χ1v) is 5.56. The van der Waals surface area contributed by atoms with Crippen molar-refractivity contribution in [2.45, 2.75) is 12.4 Å². The number of alkyl halides is 6. The summed E-state index contributed by atoms with van der Waals surface area (Å²) in [5.74, 6) is 0. The van der Waals surface area contributed by atoms with E-state index < -0.39 is 51.2 Å². The Labute approximate surface area is 119 Å². The Hall–Kier alpha value is -2.26. The average Bonchev–Trinajstić information content (AvgIpc) is 2.41. The van der Waals surface area contributed by atoms with Crippen LogP contribution < -0.4 is 21.6 Å². The van der Waals surface area contributed by atoms with E-state index in [1.54, 1.807) is 0 Å². The predicted octanol–water partition coefficient (Wildman–Crippen LogP) is 1.86. The molecule has 10 heteroatoms. The van der Waals surface area contributed by atoms with E-state index in [0.29, 0.717) is 12.1 Å². The maximum atomic E-state index is 12.6. The third-order valence-corrected chi connectivity index (χ3v) is 2.80. The first kappa shape index (κ1) is 16.1. The summed E-state index contributed by atoms with van der Waals surface area (Å²) in [6.07, 6.45) is -10.0. The van der Waals surface area contributed by atoms with Gasteiger partial charge < -0.3 is 5.32 Å². The molecule has 22 heavy (non-hydrogen) atoms. The Morgan fingerprint density at radius 1 is 0.818 bits per heavy atom. The normalized spacial score (nSPS) is 12.6. The molecule has 0 aliphatic carbocycles. The first-order chi connectivity index (χ1) is 9.91. The van der Waals surface area contributed by atoms with E-state index in [-0.39, 0.29) is 6.07 Å². The average molecular weight is 319 g/mol. The molecule has 1 N–H and O–H groups in total. The van der Waals surface area contributed by atoms with E-state index in [4.69, 9.17) is 7.85 Å². The maximum absolute atomic E-state index is 12.6. The third-order valence-electron chi connectivity index (χ3n) is 2.80. The van der Waals surface area contributed by atoms with Gasteiger partial charge in [-0.2, -0.15) is 26.3 Å². The zero-order chi connectivity index (χ0) is 16.9. The lowest BCUT2D eigenvalue weighted by Crippen LogP contribution is -2.49. The van der Waals surface area contributed by atoms with Crippen LogP contribution in [0.5, 0.6) is 0 Å². The molecule has 2 radical (unpaired) electrons. The van der Waals surface area contributed by atoms with E-state index in [0.717, 1.165) is 0 Å². The van der Waals surface area contributed by atoms with Crippen LogP contribution in [0.1, 0.15) is 11.1 Å². The summed E-state index contributed by atoms with van der Waals surface area (Å²) in [5.41, 5.74) is -6.99. The minimum Gasteiger partial charge on any atom is -0.353 e. The SMILES string of the molecule is [B]c1c(Nc2cc(C(F)(F)F)cc(C(F)(F)F)c2)c(=O)c1=O. The second kappa shape index (κ2) is 4.89. The third kappa shape index (κ3) is 2.86. The van der Waals surface area contributed by atoms with Gasteiger partial charge in [-0.3, -0.25) is 9.59 Å².